The van der Waals surface area contributed by atoms with Crippen LogP contribution in [0.4, 0.5) is 0 Å². The molecule has 0 aliphatic carbocycles. The van der Waals surface area contributed by atoms with Crippen molar-refractivity contribution < 1.29 is 4.79 Å². The fourth-order valence-corrected chi connectivity index (χ4v) is 4.11. The van der Waals surface area contributed by atoms with E-state index in [4.69, 9.17) is 5.10 Å². The number of aromatic nitrogens is 2. The normalized spacial score (nSPS) is 24.0. The minimum absolute atomic E-state index is 0.0210. The molecule has 2 aromatic rings. The highest BCUT2D eigenvalue weighted by molar-refractivity contribution is 5.84. The number of hydrogen-bond donors (Lipinski definition) is 1. The number of nitrogens with zero attached hydrogens (tertiary/aromatic N) is 3. The van der Waals surface area contributed by atoms with Gasteiger partial charge in [-0.15, -0.1) is 0 Å². The van der Waals surface area contributed by atoms with Gasteiger partial charge in [-0.25, -0.2) is 0 Å². The highest BCUT2D eigenvalue weighted by atomic mass is 16.2. The number of rotatable bonds is 3. The Morgan fingerprint density at radius 2 is 2.00 bits per heavy atom. The molecule has 0 radical (unpaired) electrons. The zero-order valence-electron chi connectivity index (χ0n) is 14.3. The first-order valence-electron chi connectivity index (χ1n) is 8.79. The monoisotopic (exact) mass is 324 g/mol. The maximum absolute atomic E-state index is 12.3. The Labute approximate surface area is 142 Å². The minimum atomic E-state index is -0.0210. The molecule has 0 bridgehead atoms. The van der Waals surface area contributed by atoms with Gasteiger partial charge in [0.25, 0.3) is 0 Å². The lowest BCUT2D eigenvalue weighted by Gasteiger charge is -2.31. The third-order valence-electron chi connectivity index (χ3n) is 5.34. The Morgan fingerprint density at radius 3 is 2.79 bits per heavy atom. The van der Waals surface area contributed by atoms with Crippen molar-refractivity contribution in [2.75, 3.05) is 6.54 Å². The largest absolute Gasteiger partial charge is 0.335 e. The van der Waals surface area contributed by atoms with Crippen LogP contribution in [-0.4, -0.2) is 33.2 Å². The highest BCUT2D eigenvalue weighted by Gasteiger charge is 2.43. The molecule has 1 N–H and O–H groups in total. The molecule has 5 heteroatoms. The number of fused-ring (bicyclic) bond motifs is 1. The third-order valence-corrected chi connectivity index (χ3v) is 5.34. The van der Waals surface area contributed by atoms with Gasteiger partial charge in [0.05, 0.1) is 18.3 Å². The lowest BCUT2D eigenvalue weighted by Crippen LogP contribution is -2.38. The molecule has 2 aliphatic heterocycles. The average Bonchev–Trinajstić information content (AvgIpc) is 3.06. The first-order chi connectivity index (χ1) is 11.6. The molecule has 3 heterocycles. The van der Waals surface area contributed by atoms with Gasteiger partial charge in [-0.05, 0) is 32.3 Å². The highest BCUT2D eigenvalue weighted by Crippen LogP contribution is 2.34. The van der Waals surface area contributed by atoms with Gasteiger partial charge in [0.15, 0.2) is 0 Å². The van der Waals surface area contributed by atoms with Crippen LogP contribution < -0.4 is 5.32 Å². The Balaban J connectivity index is 1.65. The molecule has 2 saturated heterocycles. The molecule has 2 fully saturated rings. The Bertz CT molecular complexity index is 752. The van der Waals surface area contributed by atoms with Gasteiger partial charge in [-0.3, -0.25) is 14.4 Å². The first-order valence-corrected chi connectivity index (χ1v) is 8.79. The molecule has 5 nitrogen and oxygen atoms in total. The van der Waals surface area contributed by atoms with Gasteiger partial charge in [0, 0.05) is 17.8 Å². The SMILES string of the molecule is Cc1nn(Cc2ccccc2)c(C)c1C1NC(=O)C2CCCCN21. The lowest BCUT2D eigenvalue weighted by molar-refractivity contribution is -0.122. The van der Waals surface area contributed by atoms with E-state index in [0.29, 0.717) is 0 Å². The summed E-state index contributed by atoms with van der Waals surface area (Å²) in [5, 5.41) is 7.96. The molecule has 126 valence electrons. The molecule has 1 aromatic heterocycles. The van der Waals surface area contributed by atoms with E-state index in [1.807, 2.05) is 13.0 Å². The second-order valence-corrected chi connectivity index (χ2v) is 6.89. The Hall–Kier alpha value is -2.14. The molecule has 2 aliphatic rings. The fourth-order valence-electron chi connectivity index (χ4n) is 4.11. The number of aryl methyl sites for hydroxylation is 1. The van der Waals surface area contributed by atoms with Gasteiger partial charge in [-0.2, -0.15) is 5.10 Å². The molecule has 24 heavy (non-hydrogen) atoms. The summed E-state index contributed by atoms with van der Waals surface area (Å²) in [6, 6.07) is 10.4. The van der Waals surface area contributed by atoms with Crippen molar-refractivity contribution >= 4 is 5.91 Å². The van der Waals surface area contributed by atoms with Gasteiger partial charge in [0.2, 0.25) is 5.91 Å². The first kappa shape index (κ1) is 15.4. The van der Waals surface area contributed by atoms with E-state index < -0.39 is 0 Å². The van der Waals surface area contributed by atoms with E-state index in [2.05, 4.69) is 46.1 Å². The van der Waals surface area contributed by atoms with E-state index in [1.165, 1.54) is 11.1 Å². The number of carbonyl (C=O) groups is 1. The summed E-state index contributed by atoms with van der Waals surface area (Å²) in [6.45, 7) is 5.91. The number of amides is 1. The summed E-state index contributed by atoms with van der Waals surface area (Å²) in [4.78, 5) is 14.7. The standard InChI is InChI=1S/C19H24N4O/c1-13-17(18-20-19(24)16-10-6-7-11-22(16)18)14(2)23(21-13)12-15-8-4-3-5-9-15/h3-5,8-9,16,18H,6-7,10-12H2,1-2H3,(H,20,24). The summed E-state index contributed by atoms with van der Waals surface area (Å²) < 4.78 is 2.06. The van der Waals surface area contributed by atoms with Crippen LogP contribution in [0, 0.1) is 13.8 Å². The number of carbonyl (C=O) groups excluding carboxylic acids is 1. The second-order valence-electron chi connectivity index (χ2n) is 6.89. The van der Waals surface area contributed by atoms with E-state index in [9.17, 15) is 4.79 Å². The second kappa shape index (κ2) is 6.06. The smallest absolute Gasteiger partial charge is 0.238 e. The zero-order chi connectivity index (χ0) is 16.7. The van der Waals surface area contributed by atoms with Crippen LogP contribution in [0.5, 0.6) is 0 Å². The third kappa shape index (κ3) is 2.53. The van der Waals surface area contributed by atoms with Crippen LogP contribution >= 0.6 is 0 Å². The quantitative estimate of drug-likeness (QED) is 0.944. The van der Waals surface area contributed by atoms with Crippen LogP contribution in [0.3, 0.4) is 0 Å². The van der Waals surface area contributed by atoms with Crippen molar-refractivity contribution in [1.29, 1.82) is 0 Å². The van der Waals surface area contributed by atoms with E-state index in [1.54, 1.807) is 0 Å². The number of hydrogen-bond acceptors (Lipinski definition) is 3. The minimum Gasteiger partial charge on any atom is -0.335 e. The van der Waals surface area contributed by atoms with Gasteiger partial charge >= 0.3 is 0 Å². The van der Waals surface area contributed by atoms with Crippen molar-refractivity contribution in [3.8, 4) is 0 Å². The Morgan fingerprint density at radius 1 is 1.21 bits per heavy atom. The summed E-state index contributed by atoms with van der Waals surface area (Å²) in [7, 11) is 0. The van der Waals surface area contributed by atoms with Gasteiger partial charge in [-0.1, -0.05) is 36.8 Å². The maximum atomic E-state index is 12.3. The molecular weight excluding hydrogens is 300 g/mol. The van der Waals surface area contributed by atoms with Crippen LogP contribution in [0.2, 0.25) is 0 Å². The topological polar surface area (TPSA) is 50.2 Å². The van der Waals surface area contributed by atoms with Crippen LogP contribution in [0.25, 0.3) is 0 Å². The van der Waals surface area contributed by atoms with Crippen LogP contribution in [-0.2, 0) is 11.3 Å². The van der Waals surface area contributed by atoms with Crippen LogP contribution in [0.1, 0.15) is 47.9 Å². The molecule has 0 spiro atoms. The lowest BCUT2D eigenvalue weighted by atomic mass is 10.0. The summed E-state index contributed by atoms with van der Waals surface area (Å²) in [6.07, 6.45) is 3.26. The number of nitrogens with one attached hydrogen (secondary N) is 1. The summed E-state index contributed by atoms with van der Waals surface area (Å²) >= 11 is 0. The number of piperidine rings is 1. The molecule has 1 amide bonds. The van der Waals surface area contributed by atoms with Gasteiger partial charge < -0.3 is 5.32 Å². The summed E-state index contributed by atoms with van der Waals surface area (Å²) in [5.41, 5.74) is 4.57. The van der Waals surface area contributed by atoms with Crippen molar-refractivity contribution in [2.24, 2.45) is 0 Å². The summed E-state index contributed by atoms with van der Waals surface area (Å²) in [5.74, 6) is 0.175. The van der Waals surface area contributed by atoms with Crippen molar-refractivity contribution in [1.82, 2.24) is 20.0 Å². The molecule has 1 aromatic carbocycles. The molecular formula is C19H24N4O. The predicted octanol–water partition coefficient (Wildman–Crippen LogP) is 2.53. The molecule has 2 unspecified atom stereocenters. The average molecular weight is 324 g/mol. The van der Waals surface area contributed by atoms with E-state index in [-0.39, 0.29) is 18.1 Å². The van der Waals surface area contributed by atoms with E-state index in [0.717, 1.165) is 43.7 Å². The number of benzene rings is 1. The fraction of sp³-hybridized carbons (Fsp3) is 0.474. The van der Waals surface area contributed by atoms with E-state index >= 15 is 0 Å². The predicted molar refractivity (Wildman–Crippen MR) is 92.5 cm³/mol. The van der Waals surface area contributed by atoms with Crippen molar-refractivity contribution in [3.63, 3.8) is 0 Å². The molecule has 4 rings (SSSR count). The van der Waals surface area contributed by atoms with Crippen molar-refractivity contribution in [3.05, 3.63) is 52.8 Å². The Kier molecular flexibility index (Phi) is 3.88. The van der Waals surface area contributed by atoms with Crippen LogP contribution in [0.15, 0.2) is 30.3 Å². The molecule has 2 atom stereocenters. The van der Waals surface area contributed by atoms with Gasteiger partial charge in [0.1, 0.15) is 6.17 Å². The molecule has 0 saturated carbocycles. The van der Waals surface area contributed by atoms with Crippen molar-refractivity contribution in [2.45, 2.75) is 51.9 Å². The zero-order valence-corrected chi connectivity index (χ0v) is 14.3. The maximum Gasteiger partial charge on any atom is 0.238 e.